The number of halogens is 2. The fourth-order valence-electron chi connectivity index (χ4n) is 2.91. The summed E-state index contributed by atoms with van der Waals surface area (Å²) in [5.41, 5.74) is 0. The first-order chi connectivity index (χ1) is 8.33. The predicted molar refractivity (Wildman–Crippen MR) is 77.8 cm³/mol. The molecule has 1 N–H and O–H groups in total. The van der Waals surface area contributed by atoms with Gasteiger partial charge in [0.05, 0.1) is 0 Å². The van der Waals surface area contributed by atoms with Gasteiger partial charge in [-0.3, -0.25) is 9.48 Å². The molecule has 3 heterocycles. The van der Waals surface area contributed by atoms with Gasteiger partial charge in [0.25, 0.3) is 0 Å². The zero-order valence-corrected chi connectivity index (χ0v) is 12.3. The Morgan fingerprint density at radius 3 is 2.95 bits per heavy atom. The average Bonchev–Trinajstić information content (AvgIpc) is 2.97. The zero-order valence-electron chi connectivity index (χ0n) is 10.7. The monoisotopic (exact) mass is 306 g/mol. The normalized spacial score (nSPS) is 25.2. The van der Waals surface area contributed by atoms with Crippen molar-refractivity contribution < 1.29 is 4.79 Å². The summed E-state index contributed by atoms with van der Waals surface area (Å²) in [6.07, 6.45) is 5.84. The maximum Gasteiger partial charge on any atom is 0.244 e. The largest absolute Gasteiger partial charge is 0.341 e. The van der Waals surface area contributed by atoms with Crippen LogP contribution in [0.2, 0.25) is 0 Å². The first-order valence-electron chi connectivity index (χ1n) is 6.31. The van der Waals surface area contributed by atoms with Gasteiger partial charge in [0.15, 0.2) is 0 Å². The molecule has 0 radical (unpaired) electrons. The van der Waals surface area contributed by atoms with E-state index in [-0.39, 0.29) is 30.7 Å². The van der Waals surface area contributed by atoms with Crippen molar-refractivity contribution in [3.63, 3.8) is 0 Å². The van der Waals surface area contributed by atoms with Crippen LogP contribution >= 0.6 is 24.8 Å². The number of nitrogens with zero attached hydrogens (tertiary/aromatic N) is 3. The third-order valence-electron chi connectivity index (χ3n) is 3.86. The molecule has 0 spiro atoms. The molecule has 3 rings (SSSR count). The van der Waals surface area contributed by atoms with Crippen LogP contribution in [0.25, 0.3) is 0 Å². The highest BCUT2D eigenvalue weighted by Gasteiger charge is 2.34. The highest BCUT2D eigenvalue weighted by molar-refractivity contribution is 5.85. The molecule has 2 unspecified atom stereocenters. The fourth-order valence-corrected chi connectivity index (χ4v) is 2.91. The first kappa shape index (κ1) is 16.3. The molecule has 0 aliphatic carbocycles. The summed E-state index contributed by atoms with van der Waals surface area (Å²) in [4.78, 5) is 14.1. The van der Waals surface area contributed by atoms with Crippen LogP contribution in [0.3, 0.4) is 0 Å². The van der Waals surface area contributed by atoms with Crippen LogP contribution in [-0.2, 0) is 11.3 Å². The second kappa shape index (κ2) is 7.12. The molecular formula is C12H20Cl2N4O. The van der Waals surface area contributed by atoms with E-state index in [9.17, 15) is 4.79 Å². The summed E-state index contributed by atoms with van der Waals surface area (Å²) < 4.78 is 1.70. The van der Waals surface area contributed by atoms with Crippen LogP contribution in [0.1, 0.15) is 12.8 Å². The van der Waals surface area contributed by atoms with Crippen molar-refractivity contribution >= 4 is 30.7 Å². The maximum absolute atomic E-state index is 12.1. The number of likely N-dealkylation sites (tertiary alicyclic amines) is 1. The number of piperidine rings is 1. The Hall–Kier alpha value is -0.780. The van der Waals surface area contributed by atoms with Crippen LogP contribution in [-0.4, -0.2) is 46.3 Å². The number of nitrogens with one attached hydrogen (secondary N) is 1. The predicted octanol–water partition coefficient (Wildman–Crippen LogP) is 0.937. The molecule has 2 saturated heterocycles. The van der Waals surface area contributed by atoms with Gasteiger partial charge in [-0.25, -0.2) is 0 Å². The number of rotatable bonds is 2. The summed E-state index contributed by atoms with van der Waals surface area (Å²) >= 11 is 0. The van der Waals surface area contributed by atoms with Crippen molar-refractivity contribution in [3.8, 4) is 0 Å². The lowest BCUT2D eigenvalue weighted by Crippen LogP contribution is -2.47. The van der Waals surface area contributed by atoms with E-state index in [4.69, 9.17) is 0 Å². The molecule has 0 bridgehead atoms. The van der Waals surface area contributed by atoms with Crippen LogP contribution in [0.15, 0.2) is 18.5 Å². The maximum atomic E-state index is 12.1. The Labute approximate surface area is 125 Å². The number of amides is 1. The van der Waals surface area contributed by atoms with E-state index in [0.29, 0.717) is 18.5 Å². The number of hydrogen-bond acceptors (Lipinski definition) is 3. The van der Waals surface area contributed by atoms with E-state index in [1.807, 2.05) is 17.2 Å². The minimum absolute atomic E-state index is 0. The summed E-state index contributed by atoms with van der Waals surface area (Å²) in [5, 5.41) is 7.58. The Kier molecular flexibility index (Phi) is 6.10. The molecule has 1 amide bonds. The molecular weight excluding hydrogens is 287 g/mol. The first-order valence-corrected chi connectivity index (χ1v) is 6.31. The quantitative estimate of drug-likeness (QED) is 0.884. The minimum atomic E-state index is 0. The Morgan fingerprint density at radius 1 is 1.37 bits per heavy atom. The lowest BCUT2D eigenvalue weighted by atomic mass is 9.93. The van der Waals surface area contributed by atoms with Crippen molar-refractivity contribution in [1.82, 2.24) is 20.0 Å². The smallest absolute Gasteiger partial charge is 0.244 e. The summed E-state index contributed by atoms with van der Waals surface area (Å²) in [6.45, 7) is 3.28. The van der Waals surface area contributed by atoms with E-state index in [0.717, 1.165) is 26.1 Å². The average molecular weight is 307 g/mol. The lowest BCUT2D eigenvalue weighted by molar-refractivity contribution is -0.134. The van der Waals surface area contributed by atoms with Gasteiger partial charge in [-0.05, 0) is 31.4 Å². The molecule has 2 aliphatic heterocycles. The van der Waals surface area contributed by atoms with Gasteiger partial charge in [0.2, 0.25) is 5.91 Å². The van der Waals surface area contributed by atoms with Crippen LogP contribution < -0.4 is 5.32 Å². The number of carbonyl (C=O) groups is 1. The highest BCUT2D eigenvalue weighted by Crippen LogP contribution is 2.24. The van der Waals surface area contributed by atoms with Crippen molar-refractivity contribution in [2.24, 2.45) is 5.92 Å². The molecule has 0 saturated carbocycles. The van der Waals surface area contributed by atoms with E-state index >= 15 is 0 Å². The van der Waals surface area contributed by atoms with Crippen molar-refractivity contribution in [2.45, 2.75) is 25.4 Å². The van der Waals surface area contributed by atoms with Gasteiger partial charge in [-0.2, -0.15) is 5.10 Å². The Balaban J connectivity index is 0.000000902. The van der Waals surface area contributed by atoms with Crippen molar-refractivity contribution in [3.05, 3.63) is 18.5 Å². The molecule has 1 aromatic rings. The van der Waals surface area contributed by atoms with Gasteiger partial charge in [0.1, 0.15) is 6.54 Å². The highest BCUT2D eigenvalue weighted by atomic mass is 35.5. The standard InChI is InChI=1S/C12H18N4O.2ClH/c17-12(9-16-6-1-4-14-16)15-7-3-11-10(8-15)2-5-13-11;;/h1,4,6,10-11,13H,2-3,5,7-9H2;2*1H. The molecule has 5 nitrogen and oxygen atoms in total. The summed E-state index contributed by atoms with van der Waals surface area (Å²) in [7, 11) is 0. The SMILES string of the molecule is Cl.Cl.O=C(Cn1cccn1)N1CCC2NCCC2C1. The number of aromatic nitrogens is 2. The van der Waals surface area contributed by atoms with Gasteiger partial charge < -0.3 is 10.2 Å². The summed E-state index contributed by atoms with van der Waals surface area (Å²) in [5.74, 6) is 0.851. The van der Waals surface area contributed by atoms with Gasteiger partial charge >= 0.3 is 0 Å². The second-order valence-electron chi connectivity index (χ2n) is 4.94. The van der Waals surface area contributed by atoms with Gasteiger partial charge in [0, 0.05) is 31.5 Å². The molecule has 0 aromatic carbocycles. The number of fused-ring (bicyclic) bond motifs is 1. The van der Waals surface area contributed by atoms with E-state index in [1.54, 1.807) is 10.9 Å². The third-order valence-corrected chi connectivity index (χ3v) is 3.86. The van der Waals surface area contributed by atoms with Crippen LogP contribution in [0.4, 0.5) is 0 Å². The van der Waals surface area contributed by atoms with Crippen LogP contribution in [0.5, 0.6) is 0 Å². The molecule has 2 atom stereocenters. The zero-order chi connectivity index (χ0) is 11.7. The lowest BCUT2D eigenvalue weighted by Gasteiger charge is -2.34. The molecule has 108 valence electrons. The fraction of sp³-hybridized carbons (Fsp3) is 0.667. The van der Waals surface area contributed by atoms with E-state index < -0.39 is 0 Å². The summed E-state index contributed by atoms with van der Waals surface area (Å²) in [6, 6.07) is 2.49. The second-order valence-corrected chi connectivity index (χ2v) is 4.94. The van der Waals surface area contributed by atoms with Crippen LogP contribution in [0, 0.1) is 5.92 Å². The molecule has 2 fully saturated rings. The van der Waals surface area contributed by atoms with E-state index in [1.165, 1.54) is 6.42 Å². The van der Waals surface area contributed by atoms with Crippen molar-refractivity contribution in [1.29, 1.82) is 0 Å². The van der Waals surface area contributed by atoms with Crippen molar-refractivity contribution in [2.75, 3.05) is 19.6 Å². The van der Waals surface area contributed by atoms with E-state index in [2.05, 4.69) is 10.4 Å². The Morgan fingerprint density at radius 2 is 2.21 bits per heavy atom. The third kappa shape index (κ3) is 3.61. The number of carbonyl (C=O) groups excluding carboxylic acids is 1. The topological polar surface area (TPSA) is 50.2 Å². The minimum Gasteiger partial charge on any atom is -0.341 e. The molecule has 1 aromatic heterocycles. The number of hydrogen-bond donors (Lipinski definition) is 1. The molecule has 7 heteroatoms. The molecule has 19 heavy (non-hydrogen) atoms. The Bertz CT molecular complexity index is 398. The van der Waals surface area contributed by atoms with Gasteiger partial charge in [-0.1, -0.05) is 0 Å². The van der Waals surface area contributed by atoms with Gasteiger partial charge in [-0.15, -0.1) is 24.8 Å². The molecule has 2 aliphatic rings.